The Bertz CT molecular complexity index is 639. The van der Waals surface area contributed by atoms with Gasteiger partial charge in [-0.1, -0.05) is 36.6 Å². The van der Waals surface area contributed by atoms with Crippen LogP contribution in [-0.2, 0) is 6.42 Å². The van der Waals surface area contributed by atoms with Gasteiger partial charge in [-0.15, -0.1) is 11.3 Å². The molecule has 0 radical (unpaired) electrons. The summed E-state index contributed by atoms with van der Waals surface area (Å²) in [6.07, 6.45) is 6.54. The first kappa shape index (κ1) is 15.7. The molecule has 22 heavy (non-hydrogen) atoms. The fourth-order valence-electron chi connectivity index (χ4n) is 3.40. The monoisotopic (exact) mass is 314 g/mol. The molecule has 3 heteroatoms. The molecule has 118 valence electrons. The Balaban J connectivity index is 1.67. The smallest absolute Gasteiger partial charge is 0.0948 e. The zero-order valence-electron chi connectivity index (χ0n) is 13.9. The average molecular weight is 314 g/mol. The summed E-state index contributed by atoms with van der Waals surface area (Å²) in [5.74, 6) is 0. The Kier molecular flexibility index (Phi) is 4.94. The first-order valence-corrected chi connectivity index (χ1v) is 9.22. The van der Waals surface area contributed by atoms with Crippen molar-refractivity contribution in [1.82, 2.24) is 10.3 Å². The normalized spacial score (nSPS) is 15.6. The van der Waals surface area contributed by atoms with Gasteiger partial charge < -0.3 is 5.32 Å². The summed E-state index contributed by atoms with van der Waals surface area (Å²) >= 11 is 1.85. The molecule has 1 N–H and O–H groups in total. The lowest BCUT2D eigenvalue weighted by molar-refractivity contribution is 0.527. The van der Waals surface area contributed by atoms with E-state index in [1.807, 2.05) is 11.3 Å². The number of aryl methyl sites for hydroxylation is 3. The zero-order chi connectivity index (χ0) is 15.5. The molecule has 0 saturated heterocycles. The van der Waals surface area contributed by atoms with E-state index in [1.165, 1.54) is 58.0 Å². The second-order valence-corrected chi connectivity index (χ2v) is 7.80. The first-order chi connectivity index (χ1) is 10.6. The molecule has 3 rings (SSSR count). The van der Waals surface area contributed by atoms with Crippen LogP contribution in [0.5, 0.6) is 0 Å². The van der Waals surface area contributed by atoms with Crippen LogP contribution in [0.1, 0.15) is 46.7 Å². The second-order valence-electron chi connectivity index (χ2n) is 6.52. The molecule has 0 bridgehead atoms. The third kappa shape index (κ3) is 3.58. The molecular formula is C19H26N2S. The second kappa shape index (κ2) is 6.93. The highest BCUT2D eigenvalue weighted by molar-refractivity contribution is 7.12. The van der Waals surface area contributed by atoms with E-state index >= 15 is 0 Å². The Morgan fingerprint density at radius 3 is 2.68 bits per heavy atom. The van der Waals surface area contributed by atoms with Gasteiger partial charge in [0.25, 0.3) is 0 Å². The van der Waals surface area contributed by atoms with E-state index in [-0.39, 0.29) is 0 Å². The molecule has 0 amide bonds. The molecule has 1 saturated carbocycles. The average Bonchev–Trinajstić information content (AvgIpc) is 3.09. The van der Waals surface area contributed by atoms with Gasteiger partial charge in [0.15, 0.2) is 0 Å². The minimum Gasteiger partial charge on any atom is -0.314 e. The van der Waals surface area contributed by atoms with Crippen LogP contribution in [0.25, 0.3) is 11.3 Å². The van der Waals surface area contributed by atoms with Crippen molar-refractivity contribution in [2.45, 2.75) is 58.9 Å². The van der Waals surface area contributed by atoms with Crippen molar-refractivity contribution < 1.29 is 0 Å². The van der Waals surface area contributed by atoms with E-state index < -0.39 is 0 Å². The van der Waals surface area contributed by atoms with Gasteiger partial charge in [0.05, 0.1) is 10.7 Å². The summed E-state index contributed by atoms with van der Waals surface area (Å²) < 4.78 is 0. The molecule has 0 spiro atoms. The largest absolute Gasteiger partial charge is 0.314 e. The lowest BCUT2D eigenvalue weighted by Gasteiger charge is -2.10. The Hall–Kier alpha value is -1.19. The molecule has 2 aromatic rings. The minimum atomic E-state index is 0.750. The van der Waals surface area contributed by atoms with Crippen LogP contribution >= 0.6 is 11.3 Å². The fraction of sp³-hybridized carbons (Fsp3) is 0.526. The first-order valence-electron chi connectivity index (χ1n) is 8.41. The van der Waals surface area contributed by atoms with E-state index in [0.717, 1.165) is 19.0 Å². The summed E-state index contributed by atoms with van der Waals surface area (Å²) in [5, 5.41) is 4.95. The van der Waals surface area contributed by atoms with E-state index in [0.29, 0.717) is 0 Å². The third-order valence-corrected chi connectivity index (χ3v) is 5.64. The number of thiazole rings is 1. The molecule has 0 aliphatic heterocycles. The van der Waals surface area contributed by atoms with Gasteiger partial charge in [0, 0.05) is 29.4 Å². The molecule has 1 fully saturated rings. The number of benzene rings is 1. The van der Waals surface area contributed by atoms with Crippen molar-refractivity contribution >= 4 is 11.3 Å². The predicted octanol–water partition coefficient (Wildman–Crippen LogP) is 4.81. The van der Waals surface area contributed by atoms with Crippen LogP contribution in [0, 0.1) is 20.8 Å². The van der Waals surface area contributed by atoms with E-state index in [4.69, 9.17) is 4.98 Å². The lowest BCUT2D eigenvalue weighted by Crippen LogP contribution is -2.27. The van der Waals surface area contributed by atoms with Crippen molar-refractivity contribution in [3.63, 3.8) is 0 Å². The van der Waals surface area contributed by atoms with Gasteiger partial charge in [0.1, 0.15) is 0 Å². The summed E-state index contributed by atoms with van der Waals surface area (Å²) in [5.41, 5.74) is 5.10. The maximum atomic E-state index is 4.91. The van der Waals surface area contributed by atoms with Gasteiger partial charge in [-0.25, -0.2) is 4.98 Å². The molecule has 1 aromatic carbocycles. The van der Waals surface area contributed by atoms with Gasteiger partial charge in [0.2, 0.25) is 0 Å². The molecule has 1 aromatic heterocycles. The number of aromatic nitrogens is 1. The van der Waals surface area contributed by atoms with Crippen LogP contribution in [0.3, 0.4) is 0 Å². The van der Waals surface area contributed by atoms with E-state index in [1.54, 1.807) is 0 Å². The van der Waals surface area contributed by atoms with Crippen molar-refractivity contribution in [2.75, 3.05) is 6.54 Å². The van der Waals surface area contributed by atoms with Gasteiger partial charge in [-0.3, -0.25) is 0 Å². The van der Waals surface area contributed by atoms with E-state index in [2.05, 4.69) is 44.3 Å². The number of hydrogen-bond donors (Lipinski definition) is 1. The molecular weight excluding hydrogens is 288 g/mol. The number of rotatable bonds is 5. The number of nitrogens with one attached hydrogen (secondary N) is 1. The highest BCUT2D eigenvalue weighted by Gasteiger charge is 2.15. The fourth-order valence-corrected chi connectivity index (χ4v) is 4.35. The SMILES string of the molecule is Cc1ccc(-c2nc(CCNC3CCCC3)sc2C)c(C)c1. The standard InChI is InChI=1S/C19H26N2S/c1-13-8-9-17(14(2)12-13)19-15(3)22-18(21-19)10-11-20-16-6-4-5-7-16/h8-9,12,16,20H,4-7,10-11H2,1-3H3. The quantitative estimate of drug-likeness (QED) is 0.856. The summed E-state index contributed by atoms with van der Waals surface area (Å²) in [6.45, 7) is 7.58. The minimum absolute atomic E-state index is 0.750. The molecule has 2 nitrogen and oxygen atoms in total. The highest BCUT2D eigenvalue weighted by Crippen LogP contribution is 2.30. The van der Waals surface area contributed by atoms with Gasteiger partial charge in [-0.2, -0.15) is 0 Å². The molecule has 1 aliphatic carbocycles. The Labute approximate surface area is 138 Å². The summed E-state index contributed by atoms with van der Waals surface area (Å²) in [7, 11) is 0. The van der Waals surface area contributed by atoms with Crippen molar-refractivity contribution in [1.29, 1.82) is 0 Å². The molecule has 0 atom stereocenters. The van der Waals surface area contributed by atoms with Crippen molar-refractivity contribution in [3.8, 4) is 11.3 Å². The van der Waals surface area contributed by atoms with Crippen molar-refractivity contribution in [2.24, 2.45) is 0 Å². The van der Waals surface area contributed by atoms with Crippen LogP contribution < -0.4 is 5.32 Å². The Morgan fingerprint density at radius 2 is 1.95 bits per heavy atom. The van der Waals surface area contributed by atoms with E-state index in [9.17, 15) is 0 Å². The molecule has 0 unspecified atom stereocenters. The summed E-state index contributed by atoms with van der Waals surface area (Å²) in [4.78, 5) is 6.25. The van der Waals surface area contributed by atoms with Gasteiger partial charge >= 0.3 is 0 Å². The van der Waals surface area contributed by atoms with Crippen molar-refractivity contribution in [3.05, 3.63) is 39.2 Å². The van der Waals surface area contributed by atoms with Crippen LogP contribution in [0.15, 0.2) is 18.2 Å². The molecule has 1 aliphatic rings. The number of nitrogens with zero attached hydrogens (tertiary/aromatic N) is 1. The zero-order valence-corrected chi connectivity index (χ0v) is 14.7. The van der Waals surface area contributed by atoms with Crippen LogP contribution in [0.4, 0.5) is 0 Å². The van der Waals surface area contributed by atoms with Crippen LogP contribution in [-0.4, -0.2) is 17.6 Å². The van der Waals surface area contributed by atoms with Gasteiger partial charge in [-0.05, 0) is 39.2 Å². The Morgan fingerprint density at radius 1 is 1.18 bits per heavy atom. The summed E-state index contributed by atoms with van der Waals surface area (Å²) in [6, 6.07) is 7.39. The van der Waals surface area contributed by atoms with Crippen LogP contribution in [0.2, 0.25) is 0 Å². The highest BCUT2D eigenvalue weighted by atomic mass is 32.1. The maximum Gasteiger partial charge on any atom is 0.0948 e. The molecule has 1 heterocycles. The maximum absolute atomic E-state index is 4.91. The predicted molar refractivity (Wildman–Crippen MR) is 95.7 cm³/mol. The lowest BCUT2D eigenvalue weighted by atomic mass is 10.0. The third-order valence-electron chi connectivity index (χ3n) is 4.60. The number of hydrogen-bond acceptors (Lipinski definition) is 3. The topological polar surface area (TPSA) is 24.9 Å².